The monoisotopic (exact) mass is 441 g/mol. The molecule has 8 heteroatoms. The van der Waals surface area contributed by atoms with E-state index in [1.807, 2.05) is 43.3 Å². The molecule has 6 nitrogen and oxygen atoms in total. The molecule has 1 aromatic heterocycles. The Morgan fingerprint density at radius 2 is 1.81 bits per heavy atom. The number of nitrogens with one attached hydrogen (secondary N) is 3. The first kappa shape index (κ1) is 20.8. The lowest BCUT2D eigenvalue weighted by Crippen LogP contribution is -2.03. The lowest BCUT2D eigenvalue weighted by atomic mass is 10.2. The highest BCUT2D eigenvalue weighted by Crippen LogP contribution is 2.30. The maximum atomic E-state index is 13.2. The number of fused-ring (bicyclic) bond motifs is 1. The van der Waals surface area contributed by atoms with Gasteiger partial charge >= 0.3 is 5.69 Å². The van der Waals surface area contributed by atoms with Gasteiger partial charge in [-0.1, -0.05) is 23.7 Å². The Labute approximate surface area is 183 Å². The van der Waals surface area contributed by atoms with E-state index in [0.29, 0.717) is 35.2 Å². The van der Waals surface area contributed by atoms with Crippen molar-refractivity contribution >= 4 is 28.3 Å². The number of hydrogen-bond acceptors (Lipinski definition) is 4. The summed E-state index contributed by atoms with van der Waals surface area (Å²) in [5, 5.41) is 3.66. The molecule has 0 aliphatic rings. The molecule has 0 radical (unpaired) electrons. The van der Waals surface area contributed by atoms with E-state index in [1.165, 1.54) is 12.1 Å². The summed E-state index contributed by atoms with van der Waals surface area (Å²) in [6.45, 7) is 3.15. The van der Waals surface area contributed by atoms with Crippen LogP contribution < -0.4 is 20.5 Å². The Bertz CT molecular complexity index is 1270. The minimum absolute atomic E-state index is 0.200. The highest BCUT2D eigenvalue weighted by molar-refractivity contribution is 6.31. The lowest BCUT2D eigenvalue weighted by molar-refractivity contribution is 0.269. The molecular weight excluding hydrogens is 421 g/mol. The Morgan fingerprint density at radius 3 is 2.61 bits per heavy atom. The van der Waals surface area contributed by atoms with Crippen molar-refractivity contribution in [2.75, 3.05) is 11.9 Å². The van der Waals surface area contributed by atoms with Crippen molar-refractivity contribution in [1.82, 2.24) is 9.97 Å². The van der Waals surface area contributed by atoms with Gasteiger partial charge in [-0.15, -0.1) is 0 Å². The van der Waals surface area contributed by atoms with Crippen molar-refractivity contribution in [1.29, 1.82) is 0 Å². The number of rotatable bonds is 8. The normalized spacial score (nSPS) is 10.9. The number of aromatic amines is 2. The zero-order chi connectivity index (χ0) is 21.8. The van der Waals surface area contributed by atoms with Gasteiger partial charge in [0.15, 0.2) is 11.5 Å². The van der Waals surface area contributed by atoms with Crippen LogP contribution in [-0.2, 0) is 13.2 Å². The van der Waals surface area contributed by atoms with Gasteiger partial charge in [0, 0.05) is 17.8 Å². The van der Waals surface area contributed by atoms with Gasteiger partial charge in [-0.25, -0.2) is 9.18 Å². The number of H-pyrrole nitrogens is 2. The minimum Gasteiger partial charge on any atom is -0.490 e. The number of anilines is 1. The Morgan fingerprint density at radius 1 is 0.968 bits per heavy atom. The quantitative estimate of drug-likeness (QED) is 0.349. The van der Waals surface area contributed by atoms with Gasteiger partial charge in [-0.05, 0) is 55.0 Å². The molecule has 0 spiro atoms. The molecule has 1 heterocycles. The van der Waals surface area contributed by atoms with Gasteiger partial charge in [0.1, 0.15) is 12.4 Å². The number of imidazole rings is 1. The zero-order valence-corrected chi connectivity index (χ0v) is 17.6. The summed E-state index contributed by atoms with van der Waals surface area (Å²) >= 11 is 6.08. The van der Waals surface area contributed by atoms with Crippen LogP contribution in [-0.4, -0.2) is 16.6 Å². The third kappa shape index (κ3) is 5.00. The molecule has 0 saturated carbocycles. The van der Waals surface area contributed by atoms with Gasteiger partial charge in [-0.3, -0.25) is 0 Å². The van der Waals surface area contributed by atoms with Gasteiger partial charge in [-0.2, -0.15) is 0 Å². The first-order valence-corrected chi connectivity index (χ1v) is 10.2. The van der Waals surface area contributed by atoms with Crippen molar-refractivity contribution in [2.45, 2.75) is 20.1 Å². The standard InChI is InChI=1S/C23H21ClFN3O3/c1-2-30-22-9-14(12-26-17-6-7-19-20(11-17)28-23(29)27-19)3-8-21(22)31-13-15-4-5-16(25)10-18(15)24/h3-11,26H,2,12-13H2,1H3,(H2,27,28,29). The second-order valence-corrected chi connectivity index (χ2v) is 7.34. The van der Waals surface area contributed by atoms with E-state index in [9.17, 15) is 9.18 Å². The largest absolute Gasteiger partial charge is 0.490 e. The van der Waals surface area contributed by atoms with Crippen molar-refractivity contribution in [3.05, 3.63) is 87.0 Å². The van der Waals surface area contributed by atoms with Crippen LogP contribution in [0.4, 0.5) is 10.1 Å². The Hall–Kier alpha value is -3.45. The summed E-state index contributed by atoms with van der Waals surface area (Å²) in [7, 11) is 0. The number of hydrogen-bond donors (Lipinski definition) is 3. The van der Waals surface area contributed by atoms with E-state index in [1.54, 1.807) is 6.07 Å². The summed E-state index contributed by atoms with van der Waals surface area (Å²) in [5.74, 6) is 0.811. The molecular formula is C23H21ClFN3O3. The fraction of sp³-hybridized carbons (Fsp3) is 0.174. The van der Waals surface area contributed by atoms with E-state index in [2.05, 4.69) is 15.3 Å². The third-order valence-electron chi connectivity index (χ3n) is 4.72. The second-order valence-electron chi connectivity index (χ2n) is 6.93. The molecule has 160 valence electrons. The van der Waals surface area contributed by atoms with Crippen molar-refractivity contribution < 1.29 is 13.9 Å². The molecule has 0 amide bonds. The predicted molar refractivity (Wildman–Crippen MR) is 120 cm³/mol. The molecule has 0 bridgehead atoms. The third-order valence-corrected chi connectivity index (χ3v) is 5.07. The highest BCUT2D eigenvalue weighted by Gasteiger charge is 2.09. The van der Waals surface area contributed by atoms with Gasteiger partial charge in [0.25, 0.3) is 0 Å². The SMILES string of the molecule is CCOc1cc(CNc2ccc3[nH]c(=O)[nH]c3c2)ccc1OCc1ccc(F)cc1Cl. The molecule has 0 aliphatic carbocycles. The van der Waals surface area contributed by atoms with Crippen LogP contribution in [0.2, 0.25) is 5.02 Å². The van der Waals surface area contributed by atoms with Crippen LogP contribution in [0, 0.1) is 5.82 Å². The van der Waals surface area contributed by atoms with E-state index >= 15 is 0 Å². The van der Waals surface area contributed by atoms with Crippen LogP contribution in [0.3, 0.4) is 0 Å². The van der Waals surface area contributed by atoms with Crippen molar-refractivity contribution in [3.63, 3.8) is 0 Å². The summed E-state index contributed by atoms with van der Waals surface area (Å²) in [6.07, 6.45) is 0. The maximum absolute atomic E-state index is 13.2. The average Bonchev–Trinajstić information content (AvgIpc) is 3.12. The minimum atomic E-state index is -0.386. The molecule has 0 fully saturated rings. The summed E-state index contributed by atoms with van der Waals surface area (Å²) in [4.78, 5) is 16.9. The molecule has 0 saturated heterocycles. The molecule has 0 atom stereocenters. The second kappa shape index (κ2) is 9.14. The van der Waals surface area contributed by atoms with Gasteiger partial charge < -0.3 is 24.8 Å². The maximum Gasteiger partial charge on any atom is 0.323 e. The summed E-state index contributed by atoms with van der Waals surface area (Å²) < 4.78 is 24.8. The fourth-order valence-electron chi connectivity index (χ4n) is 3.19. The summed E-state index contributed by atoms with van der Waals surface area (Å²) in [5.41, 5.74) is 3.84. The van der Waals surface area contributed by atoms with Gasteiger partial charge in [0.2, 0.25) is 0 Å². The molecule has 31 heavy (non-hydrogen) atoms. The van der Waals surface area contributed by atoms with Crippen LogP contribution >= 0.6 is 11.6 Å². The predicted octanol–water partition coefficient (Wildman–Crippen LogP) is 5.24. The Kier molecular flexibility index (Phi) is 6.13. The topological polar surface area (TPSA) is 79.1 Å². The Balaban J connectivity index is 1.45. The van der Waals surface area contributed by atoms with E-state index in [-0.39, 0.29) is 18.1 Å². The molecule has 3 aromatic carbocycles. The molecule has 0 aliphatic heterocycles. The van der Waals surface area contributed by atoms with Crippen LogP contribution in [0.25, 0.3) is 11.0 Å². The van der Waals surface area contributed by atoms with Crippen molar-refractivity contribution in [2.24, 2.45) is 0 Å². The molecule has 4 rings (SSSR count). The summed E-state index contributed by atoms with van der Waals surface area (Å²) in [6, 6.07) is 15.5. The van der Waals surface area contributed by atoms with Crippen LogP contribution in [0.5, 0.6) is 11.5 Å². The molecule has 3 N–H and O–H groups in total. The fourth-order valence-corrected chi connectivity index (χ4v) is 3.41. The highest BCUT2D eigenvalue weighted by atomic mass is 35.5. The average molecular weight is 442 g/mol. The number of aromatic nitrogens is 2. The number of ether oxygens (including phenoxy) is 2. The zero-order valence-electron chi connectivity index (χ0n) is 16.8. The van der Waals surface area contributed by atoms with E-state index < -0.39 is 0 Å². The molecule has 4 aromatic rings. The van der Waals surface area contributed by atoms with E-state index in [0.717, 1.165) is 22.3 Å². The number of halogens is 2. The molecule has 0 unspecified atom stereocenters. The van der Waals surface area contributed by atoms with Gasteiger partial charge in [0.05, 0.1) is 22.7 Å². The van der Waals surface area contributed by atoms with E-state index in [4.69, 9.17) is 21.1 Å². The smallest absolute Gasteiger partial charge is 0.323 e. The lowest BCUT2D eigenvalue weighted by Gasteiger charge is -2.15. The first-order chi connectivity index (χ1) is 15.0. The first-order valence-electron chi connectivity index (χ1n) is 9.80. The van der Waals surface area contributed by atoms with Crippen LogP contribution in [0.15, 0.2) is 59.4 Å². The van der Waals surface area contributed by atoms with Crippen molar-refractivity contribution in [3.8, 4) is 11.5 Å². The number of benzene rings is 3. The van der Waals surface area contributed by atoms with Crippen LogP contribution in [0.1, 0.15) is 18.1 Å².